The molecular weight excluding hydrogens is 516 g/mol. The second-order valence-corrected chi connectivity index (χ2v) is 10.7. The Hall–Kier alpha value is -5.15. The molecule has 194 valence electrons. The summed E-state index contributed by atoms with van der Waals surface area (Å²) in [6.45, 7) is 1.79. The Bertz CT molecular complexity index is 1930. The average Bonchev–Trinajstić information content (AvgIpc) is 2.93. The summed E-state index contributed by atoms with van der Waals surface area (Å²) >= 11 is 0. The van der Waals surface area contributed by atoms with Crippen molar-refractivity contribution in [1.29, 1.82) is 5.26 Å². The molecule has 0 fully saturated rings. The third kappa shape index (κ3) is 4.90. The minimum atomic E-state index is -3.56. The van der Waals surface area contributed by atoms with E-state index in [1.54, 1.807) is 55.5 Å². The van der Waals surface area contributed by atoms with Gasteiger partial charge in [-0.3, -0.25) is 9.36 Å². The summed E-state index contributed by atoms with van der Waals surface area (Å²) in [6, 6.07) is 18.7. The number of aromatic nitrogens is 5. The number of nitrogens with zero attached hydrogens (tertiary/aromatic N) is 6. The number of nitriles is 1. The zero-order valence-electron chi connectivity index (χ0n) is 20.9. The number of anilines is 2. The second kappa shape index (κ2) is 9.96. The summed E-state index contributed by atoms with van der Waals surface area (Å²) in [5, 5.41) is 12.9. The van der Waals surface area contributed by atoms with E-state index in [1.165, 1.54) is 23.0 Å². The van der Waals surface area contributed by atoms with Crippen LogP contribution in [-0.4, -0.2) is 39.2 Å². The van der Waals surface area contributed by atoms with Gasteiger partial charge in [0.05, 0.1) is 28.8 Å². The average molecular weight is 539 g/mol. The molecule has 1 atom stereocenters. The van der Waals surface area contributed by atoms with Crippen LogP contribution in [0.4, 0.5) is 11.8 Å². The topological polar surface area (TPSA) is 170 Å². The molecule has 0 aliphatic heterocycles. The summed E-state index contributed by atoms with van der Waals surface area (Å²) < 4.78 is 25.8. The van der Waals surface area contributed by atoms with Crippen molar-refractivity contribution in [3.8, 4) is 22.9 Å². The number of hydrogen-bond donors (Lipinski definition) is 2. The third-order valence-electron chi connectivity index (χ3n) is 6.03. The van der Waals surface area contributed by atoms with E-state index in [0.717, 1.165) is 6.26 Å². The van der Waals surface area contributed by atoms with E-state index in [4.69, 9.17) is 10.7 Å². The number of para-hydroxylation sites is 1. The highest BCUT2D eigenvalue weighted by Gasteiger charge is 2.22. The molecule has 0 saturated carbocycles. The van der Waals surface area contributed by atoms with Crippen molar-refractivity contribution in [3.05, 3.63) is 94.8 Å². The number of pyridine rings is 1. The number of fused-ring (bicyclic) bond motifs is 1. The number of nitrogens with one attached hydrogen (secondary N) is 1. The quantitative estimate of drug-likeness (QED) is 0.327. The number of sulfone groups is 1. The number of hydrogen-bond acceptors (Lipinski definition) is 10. The Morgan fingerprint density at radius 2 is 1.82 bits per heavy atom. The van der Waals surface area contributed by atoms with Crippen molar-refractivity contribution in [3.63, 3.8) is 0 Å². The van der Waals surface area contributed by atoms with E-state index in [2.05, 4.69) is 20.3 Å². The van der Waals surface area contributed by atoms with Gasteiger partial charge in [-0.25, -0.2) is 23.4 Å². The Kier molecular flexibility index (Phi) is 6.51. The van der Waals surface area contributed by atoms with E-state index in [0.29, 0.717) is 33.5 Å². The monoisotopic (exact) mass is 538 g/mol. The number of rotatable bonds is 6. The van der Waals surface area contributed by atoms with Crippen LogP contribution < -0.4 is 16.6 Å². The Morgan fingerprint density at radius 3 is 2.54 bits per heavy atom. The van der Waals surface area contributed by atoms with Gasteiger partial charge in [-0.05, 0) is 48.4 Å². The van der Waals surface area contributed by atoms with Crippen LogP contribution >= 0.6 is 0 Å². The van der Waals surface area contributed by atoms with Crippen molar-refractivity contribution < 1.29 is 8.42 Å². The van der Waals surface area contributed by atoms with E-state index in [9.17, 15) is 18.5 Å². The maximum Gasteiger partial charge on any atom is 0.266 e. The fourth-order valence-corrected chi connectivity index (χ4v) is 4.84. The SMILES string of the molecule is CC(Nc1nc(N)ncc1C#N)c1nc2cccc(-c3ccnc(S(C)(=O)=O)c3)c2c(=O)n1-c1ccccc1. The Labute approximate surface area is 223 Å². The fraction of sp³-hybridized carbons (Fsp3) is 0.111. The van der Waals surface area contributed by atoms with Gasteiger partial charge in [0.2, 0.25) is 5.95 Å². The van der Waals surface area contributed by atoms with E-state index in [1.807, 2.05) is 12.1 Å². The zero-order valence-corrected chi connectivity index (χ0v) is 21.7. The lowest BCUT2D eigenvalue weighted by atomic mass is 10.0. The molecule has 11 nitrogen and oxygen atoms in total. The van der Waals surface area contributed by atoms with Gasteiger partial charge >= 0.3 is 0 Å². The van der Waals surface area contributed by atoms with Gasteiger partial charge in [0.25, 0.3) is 5.56 Å². The molecule has 0 spiro atoms. The summed E-state index contributed by atoms with van der Waals surface area (Å²) in [5.41, 5.74) is 7.59. The molecular formula is C27H22N8O3S. The maximum absolute atomic E-state index is 14.2. The van der Waals surface area contributed by atoms with Crippen molar-refractivity contribution in [2.75, 3.05) is 17.3 Å². The minimum absolute atomic E-state index is 0.00826. The van der Waals surface area contributed by atoms with Crippen LogP contribution in [0.15, 0.2) is 82.9 Å². The van der Waals surface area contributed by atoms with Crippen molar-refractivity contribution in [2.45, 2.75) is 18.0 Å². The van der Waals surface area contributed by atoms with Crippen LogP contribution in [0, 0.1) is 11.3 Å². The highest BCUT2D eigenvalue weighted by molar-refractivity contribution is 7.90. The van der Waals surface area contributed by atoms with Crippen LogP contribution in [0.1, 0.15) is 24.4 Å². The highest BCUT2D eigenvalue weighted by Crippen LogP contribution is 2.29. The third-order valence-corrected chi connectivity index (χ3v) is 7.02. The van der Waals surface area contributed by atoms with Crippen LogP contribution in [0.25, 0.3) is 27.7 Å². The lowest BCUT2D eigenvalue weighted by Crippen LogP contribution is -2.28. The molecule has 3 N–H and O–H groups in total. The van der Waals surface area contributed by atoms with Gasteiger partial charge in [0, 0.05) is 12.5 Å². The Morgan fingerprint density at radius 1 is 1.05 bits per heavy atom. The smallest absolute Gasteiger partial charge is 0.266 e. The molecule has 1 unspecified atom stereocenters. The molecule has 0 saturated heterocycles. The predicted molar refractivity (Wildman–Crippen MR) is 147 cm³/mol. The lowest BCUT2D eigenvalue weighted by molar-refractivity contribution is 0.598. The molecule has 3 aromatic heterocycles. The Balaban J connectivity index is 1.76. The largest absolute Gasteiger partial charge is 0.368 e. The minimum Gasteiger partial charge on any atom is -0.368 e. The van der Waals surface area contributed by atoms with Crippen molar-refractivity contribution >= 4 is 32.5 Å². The van der Waals surface area contributed by atoms with Gasteiger partial charge in [0.15, 0.2) is 14.9 Å². The first-order valence-corrected chi connectivity index (χ1v) is 13.6. The van der Waals surface area contributed by atoms with Crippen molar-refractivity contribution in [1.82, 2.24) is 24.5 Å². The number of nitrogen functional groups attached to an aromatic ring is 1. The molecule has 0 radical (unpaired) electrons. The van der Waals surface area contributed by atoms with Crippen LogP contribution in [0.5, 0.6) is 0 Å². The summed E-state index contributed by atoms with van der Waals surface area (Å²) in [6.07, 6.45) is 3.80. The first kappa shape index (κ1) is 25.5. The first-order valence-electron chi connectivity index (χ1n) is 11.7. The van der Waals surface area contributed by atoms with Gasteiger partial charge < -0.3 is 11.1 Å². The van der Waals surface area contributed by atoms with E-state index >= 15 is 0 Å². The maximum atomic E-state index is 14.2. The van der Waals surface area contributed by atoms with Gasteiger partial charge in [-0.15, -0.1) is 0 Å². The summed E-state index contributed by atoms with van der Waals surface area (Å²) in [5.74, 6) is 0.569. The van der Waals surface area contributed by atoms with Gasteiger partial charge in [-0.2, -0.15) is 10.2 Å². The second-order valence-electron chi connectivity index (χ2n) is 8.77. The van der Waals surface area contributed by atoms with Gasteiger partial charge in [0.1, 0.15) is 23.3 Å². The van der Waals surface area contributed by atoms with Crippen LogP contribution in [-0.2, 0) is 9.84 Å². The van der Waals surface area contributed by atoms with E-state index < -0.39 is 15.9 Å². The normalized spacial score (nSPS) is 12.1. The standard InChI is InChI=1S/C27H22N8O3S/c1-16(32-24-18(14-28)15-31-27(29)34-24)25-33-21-10-6-9-20(17-11-12-30-22(13-17)39(2,37)38)23(21)26(36)35(25)19-7-4-3-5-8-19/h3-13,15-16H,1-2H3,(H3,29,31,32,34). The molecule has 39 heavy (non-hydrogen) atoms. The molecule has 12 heteroatoms. The molecule has 5 rings (SSSR count). The predicted octanol–water partition coefficient (Wildman–Crippen LogP) is 3.27. The molecule has 5 aromatic rings. The molecule has 0 aliphatic carbocycles. The highest BCUT2D eigenvalue weighted by atomic mass is 32.2. The fourth-order valence-electron chi connectivity index (χ4n) is 4.24. The lowest BCUT2D eigenvalue weighted by Gasteiger charge is -2.21. The van der Waals surface area contributed by atoms with Crippen LogP contribution in [0.3, 0.4) is 0 Å². The molecule has 0 bridgehead atoms. The number of nitrogens with two attached hydrogens (primary N) is 1. The van der Waals surface area contributed by atoms with Crippen LogP contribution in [0.2, 0.25) is 0 Å². The zero-order chi connectivity index (χ0) is 27.7. The first-order chi connectivity index (χ1) is 18.7. The summed E-state index contributed by atoms with van der Waals surface area (Å²) in [7, 11) is -3.56. The molecule has 2 aromatic carbocycles. The molecule has 3 heterocycles. The van der Waals surface area contributed by atoms with E-state index in [-0.39, 0.29) is 27.9 Å². The van der Waals surface area contributed by atoms with Crippen molar-refractivity contribution in [2.24, 2.45) is 0 Å². The molecule has 0 amide bonds. The molecule has 0 aliphatic rings. The summed E-state index contributed by atoms with van der Waals surface area (Å²) in [4.78, 5) is 31.0. The number of benzene rings is 2. The van der Waals surface area contributed by atoms with Gasteiger partial charge in [-0.1, -0.05) is 30.3 Å².